The summed E-state index contributed by atoms with van der Waals surface area (Å²) in [5.74, 6) is -8.60. The number of nitrogen functional groups attached to an aromatic ring is 1. The van der Waals surface area contributed by atoms with Crippen molar-refractivity contribution >= 4 is 46.5 Å². The number of aliphatic hydroxyl groups is 1. The summed E-state index contributed by atoms with van der Waals surface area (Å²) in [6.07, 6.45) is -3.16. The van der Waals surface area contributed by atoms with Crippen molar-refractivity contribution in [2.45, 2.75) is 136 Å². The van der Waals surface area contributed by atoms with Gasteiger partial charge in [-0.25, -0.2) is 4.98 Å². The number of Topliss-reactive ketones (excluding diaryl/α,β-unsaturated/α-hetero) is 2. The van der Waals surface area contributed by atoms with Gasteiger partial charge >= 0.3 is 11.9 Å². The number of aliphatic hydroxyl groups excluding tert-OH is 1. The first kappa shape index (κ1) is 47.9. The standard InChI is InChI=1S/C42H63N7O11S/c1-13-27-42(9)30(29(39(54)59-42)35(44)48-60-24(7)36-46-47-37(61-36)25-14-15-28(43)45-18-25)21(4)31(50)19(2)17-41(8,55-12)34(22(5)32(51)23(6)38(53)57-27)58-40-33(52)26(49(10)11)16-20(3)56-40/h14-15,18-24,26-27,29-30,33-34,40,52H,13,16-17H2,1-12H3,(H2,43,45)(H2,44,48)/t19-,20-,21-,22+,23-,24?,26+,27+,29-,30+,33-,34-,40?,41-,42-/m1/s1. The average Bonchev–Trinajstić information content (AvgIpc) is 3.82. The lowest BCUT2D eigenvalue weighted by Gasteiger charge is -2.47. The highest BCUT2D eigenvalue weighted by atomic mass is 32.1. The molecule has 3 fully saturated rings. The maximum atomic E-state index is 14.8. The van der Waals surface area contributed by atoms with Gasteiger partial charge in [-0.1, -0.05) is 44.2 Å². The fraction of sp³-hybridized carbons (Fsp3) is 0.714. The molecule has 0 saturated carbocycles. The second-order valence-corrected chi connectivity index (χ2v) is 18.5. The quantitative estimate of drug-likeness (QED) is 0.101. The lowest BCUT2D eigenvalue weighted by Crippen LogP contribution is -2.59. The van der Waals surface area contributed by atoms with Gasteiger partial charge in [-0.05, 0) is 80.1 Å². The molecule has 2 aromatic heterocycles. The van der Waals surface area contributed by atoms with Crippen LogP contribution in [0.25, 0.3) is 10.6 Å². The van der Waals surface area contributed by atoms with Gasteiger partial charge in [-0.3, -0.25) is 19.2 Å². The monoisotopic (exact) mass is 873 g/mol. The van der Waals surface area contributed by atoms with Crippen LogP contribution in [0, 0.1) is 35.5 Å². The maximum Gasteiger partial charge on any atom is 0.317 e. The number of hydrogen-bond donors (Lipinski definition) is 3. The zero-order valence-corrected chi connectivity index (χ0v) is 38.0. The Hall–Kier alpha value is -4.14. The number of rotatable bonds is 10. The van der Waals surface area contributed by atoms with Crippen LogP contribution in [0.3, 0.4) is 0 Å². The number of nitrogens with two attached hydrogens (primary N) is 2. The minimum Gasteiger partial charge on any atom is -0.458 e. The van der Waals surface area contributed by atoms with Crippen molar-refractivity contribution in [3.05, 3.63) is 23.3 Å². The first-order valence-electron chi connectivity index (χ1n) is 20.8. The average molecular weight is 874 g/mol. The Balaban J connectivity index is 1.50. The highest BCUT2D eigenvalue weighted by Crippen LogP contribution is 2.48. The lowest BCUT2D eigenvalue weighted by molar-refractivity contribution is -0.295. The Bertz CT molecular complexity index is 1930. The van der Waals surface area contributed by atoms with E-state index in [0.717, 1.165) is 0 Å². The van der Waals surface area contributed by atoms with E-state index in [9.17, 15) is 24.3 Å². The smallest absolute Gasteiger partial charge is 0.317 e. The molecule has 338 valence electrons. The Morgan fingerprint density at radius 3 is 2.36 bits per heavy atom. The van der Waals surface area contributed by atoms with Crippen LogP contribution in [0.4, 0.5) is 5.82 Å². The van der Waals surface area contributed by atoms with Crippen LogP contribution in [0.2, 0.25) is 0 Å². The van der Waals surface area contributed by atoms with Gasteiger partial charge in [0.1, 0.15) is 40.7 Å². The molecule has 0 bridgehead atoms. The number of carbonyl (C=O) groups is 4. The van der Waals surface area contributed by atoms with Crippen molar-refractivity contribution in [1.82, 2.24) is 20.1 Å². The molecule has 0 spiro atoms. The summed E-state index contributed by atoms with van der Waals surface area (Å²) in [6.45, 7) is 15.2. The van der Waals surface area contributed by atoms with Crippen molar-refractivity contribution in [1.29, 1.82) is 0 Å². The number of esters is 2. The van der Waals surface area contributed by atoms with E-state index < -0.39 is 95.1 Å². The van der Waals surface area contributed by atoms with Crippen LogP contribution in [0.5, 0.6) is 0 Å². The molecule has 5 heterocycles. The fourth-order valence-electron chi connectivity index (χ4n) is 9.23. The molecule has 2 unspecified atom stereocenters. The van der Waals surface area contributed by atoms with E-state index in [-0.39, 0.29) is 36.6 Å². The number of nitrogens with zero attached hydrogens (tertiary/aromatic N) is 5. The number of anilines is 1. The number of hydrogen-bond acceptors (Lipinski definition) is 18. The third-order valence-electron chi connectivity index (χ3n) is 12.8. The van der Waals surface area contributed by atoms with Crippen LogP contribution in [-0.2, 0) is 47.7 Å². The molecule has 0 aliphatic carbocycles. The van der Waals surface area contributed by atoms with Crippen molar-refractivity contribution in [2.75, 3.05) is 26.9 Å². The van der Waals surface area contributed by atoms with E-state index in [2.05, 4.69) is 20.3 Å². The van der Waals surface area contributed by atoms with Gasteiger partial charge in [0.2, 0.25) is 0 Å². The molecular formula is C42H63N7O11S. The van der Waals surface area contributed by atoms with E-state index in [1.807, 2.05) is 25.9 Å². The predicted octanol–water partition coefficient (Wildman–Crippen LogP) is 3.70. The minimum absolute atomic E-state index is 0.0455. The second kappa shape index (κ2) is 19.1. The van der Waals surface area contributed by atoms with Crippen LogP contribution in [0.1, 0.15) is 92.7 Å². The Morgan fingerprint density at radius 2 is 1.75 bits per heavy atom. The third-order valence-corrected chi connectivity index (χ3v) is 13.9. The Labute approximate surface area is 361 Å². The van der Waals surface area contributed by atoms with Crippen LogP contribution in [-0.4, -0.2) is 124 Å². The molecule has 0 radical (unpaired) electrons. The van der Waals surface area contributed by atoms with Crippen LogP contribution in [0.15, 0.2) is 23.5 Å². The molecule has 61 heavy (non-hydrogen) atoms. The molecule has 19 heteroatoms. The second-order valence-electron chi connectivity index (χ2n) is 17.5. The summed E-state index contributed by atoms with van der Waals surface area (Å²) >= 11 is 1.25. The predicted molar refractivity (Wildman–Crippen MR) is 224 cm³/mol. The first-order chi connectivity index (χ1) is 28.6. The van der Waals surface area contributed by atoms with Gasteiger partial charge in [0.25, 0.3) is 0 Å². The number of fused-ring (bicyclic) bond motifs is 1. The molecule has 15 atom stereocenters. The zero-order chi connectivity index (χ0) is 45.3. The molecular weight excluding hydrogens is 811 g/mol. The zero-order valence-electron chi connectivity index (χ0n) is 37.2. The topological polar surface area (TPSA) is 250 Å². The molecule has 3 aliphatic rings. The number of carbonyl (C=O) groups excluding carboxylic acids is 4. The third kappa shape index (κ3) is 9.76. The van der Waals surface area contributed by atoms with Crippen LogP contribution >= 0.6 is 11.3 Å². The molecule has 2 aromatic rings. The summed E-state index contributed by atoms with van der Waals surface area (Å²) in [5.41, 5.74) is 10.1. The number of amidine groups is 1. The largest absolute Gasteiger partial charge is 0.458 e. The van der Waals surface area contributed by atoms with E-state index in [1.165, 1.54) is 25.4 Å². The molecule has 0 aromatic carbocycles. The molecule has 0 amide bonds. The molecule has 18 nitrogen and oxygen atoms in total. The Morgan fingerprint density at radius 1 is 1.07 bits per heavy atom. The molecule has 3 saturated heterocycles. The van der Waals surface area contributed by atoms with Gasteiger partial charge in [0, 0.05) is 48.6 Å². The number of cyclic esters (lactones) is 1. The van der Waals surface area contributed by atoms with Gasteiger partial charge in [-0.2, -0.15) is 0 Å². The SMILES string of the molecule is CC[C@@H]1OC(=O)[C@H](C)C(=O)[C@H](C)[C@@H](OC2O[C@H](C)C[C@H](N(C)C)[C@H]2O)[C@](C)(OC)C[C@@H](C)C(=O)[C@H](C)[C@H]2[C@H](/C(N)=N/OC(C)c3nnc(-c4ccc(N)nc4)s3)C(=O)O[C@@]21C. The minimum atomic E-state index is -1.59. The number of aromatic nitrogens is 3. The van der Waals surface area contributed by atoms with Gasteiger partial charge in [0.15, 0.2) is 34.6 Å². The highest BCUT2D eigenvalue weighted by Gasteiger charge is 2.63. The number of pyridine rings is 1. The number of ketones is 2. The summed E-state index contributed by atoms with van der Waals surface area (Å²) in [6, 6.07) is 3.11. The lowest BCUT2D eigenvalue weighted by atomic mass is 9.67. The van der Waals surface area contributed by atoms with Gasteiger partial charge in [0.05, 0.1) is 17.8 Å². The summed E-state index contributed by atoms with van der Waals surface area (Å²) in [5, 5.41) is 25.1. The number of oxime groups is 1. The van der Waals surface area contributed by atoms with Crippen molar-refractivity contribution in [3.8, 4) is 10.6 Å². The van der Waals surface area contributed by atoms with Crippen molar-refractivity contribution in [2.24, 2.45) is 46.4 Å². The van der Waals surface area contributed by atoms with Gasteiger partial charge in [-0.15, -0.1) is 10.2 Å². The molecule has 5 N–H and O–H groups in total. The number of ether oxygens (including phenoxy) is 5. The fourth-order valence-corrected chi connectivity index (χ4v) is 10.0. The first-order valence-corrected chi connectivity index (χ1v) is 21.7. The van der Waals surface area contributed by atoms with E-state index in [0.29, 0.717) is 27.8 Å². The van der Waals surface area contributed by atoms with Crippen molar-refractivity contribution in [3.63, 3.8) is 0 Å². The Kier molecular flexibility index (Phi) is 15.0. The van der Waals surface area contributed by atoms with Crippen LogP contribution < -0.4 is 11.5 Å². The van der Waals surface area contributed by atoms with E-state index in [4.69, 9.17) is 40.0 Å². The van der Waals surface area contributed by atoms with Gasteiger partial charge < -0.3 is 50.0 Å². The maximum absolute atomic E-state index is 14.8. The van der Waals surface area contributed by atoms with E-state index in [1.54, 1.807) is 66.8 Å². The summed E-state index contributed by atoms with van der Waals surface area (Å²) < 4.78 is 31.1. The van der Waals surface area contributed by atoms with Crippen molar-refractivity contribution < 1.29 is 52.8 Å². The highest BCUT2D eigenvalue weighted by molar-refractivity contribution is 7.14. The molecule has 3 aliphatic heterocycles. The summed E-state index contributed by atoms with van der Waals surface area (Å²) in [7, 11) is 5.16. The summed E-state index contributed by atoms with van der Waals surface area (Å²) in [4.78, 5) is 68.9. The number of methoxy groups -OCH3 is 1. The normalized spacial score (nSPS) is 37.4. The van der Waals surface area contributed by atoms with E-state index >= 15 is 0 Å². The molecule has 5 rings (SSSR count). The number of likely N-dealkylation sites (N-methyl/N-ethyl adjacent to an activating group) is 1.